The highest BCUT2D eigenvalue weighted by Crippen LogP contribution is 2.07. The van der Waals surface area contributed by atoms with Crippen LogP contribution in [0.5, 0.6) is 0 Å². The minimum atomic E-state index is -1.43. The quantitative estimate of drug-likeness (QED) is 0.678. The molecule has 0 radical (unpaired) electrons. The fraction of sp³-hybridized carbons (Fsp3) is 0.0833. The van der Waals surface area contributed by atoms with Gasteiger partial charge in [0.25, 0.3) is 0 Å². The Labute approximate surface area is 103 Å². The number of rotatable bonds is 5. The molecule has 6 heteroatoms. The minimum absolute atomic E-state index is 0.476. The van der Waals surface area contributed by atoms with Gasteiger partial charge in [0.1, 0.15) is 0 Å². The van der Waals surface area contributed by atoms with E-state index < -0.39 is 29.8 Å². The van der Waals surface area contributed by atoms with E-state index in [0.717, 1.165) is 6.08 Å². The molecule has 0 atom stereocenters. The van der Waals surface area contributed by atoms with Crippen molar-refractivity contribution in [3.05, 3.63) is 42.0 Å². The molecular formula is C12H11NO5. The molecule has 3 N–H and O–H groups in total. The maximum atomic E-state index is 11.5. The third-order valence-corrected chi connectivity index (χ3v) is 1.96. The molecule has 0 aliphatic rings. The number of amides is 1. The lowest BCUT2D eigenvalue weighted by molar-refractivity contribution is -0.139. The second-order valence-corrected chi connectivity index (χ2v) is 3.40. The Morgan fingerprint density at radius 3 is 2.22 bits per heavy atom. The van der Waals surface area contributed by atoms with Gasteiger partial charge in [-0.2, -0.15) is 0 Å². The Kier molecular flexibility index (Phi) is 4.62. The van der Waals surface area contributed by atoms with Gasteiger partial charge in [0.15, 0.2) is 0 Å². The fourth-order valence-corrected chi connectivity index (χ4v) is 1.21. The molecule has 0 saturated carbocycles. The van der Waals surface area contributed by atoms with Gasteiger partial charge in [0, 0.05) is 11.8 Å². The zero-order valence-corrected chi connectivity index (χ0v) is 9.29. The lowest BCUT2D eigenvalue weighted by atomic mass is 10.1. The van der Waals surface area contributed by atoms with Crippen LogP contribution in [-0.2, 0) is 14.4 Å². The predicted octanol–water partition coefficient (Wildman–Crippen LogP) is 1.11. The number of carbonyl (C=O) groups excluding carboxylic acids is 1. The third-order valence-electron chi connectivity index (χ3n) is 1.96. The summed E-state index contributed by atoms with van der Waals surface area (Å²) in [5.41, 5.74) is 0.0229. The number of hydrogen-bond donors (Lipinski definition) is 3. The molecule has 18 heavy (non-hydrogen) atoms. The van der Waals surface area contributed by atoms with Crippen LogP contribution in [0, 0.1) is 0 Å². The van der Waals surface area contributed by atoms with Gasteiger partial charge in [0.2, 0.25) is 5.91 Å². The van der Waals surface area contributed by atoms with E-state index in [1.165, 1.54) is 0 Å². The molecule has 0 fully saturated rings. The fourth-order valence-electron chi connectivity index (χ4n) is 1.21. The van der Waals surface area contributed by atoms with E-state index >= 15 is 0 Å². The van der Waals surface area contributed by atoms with Gasteiger partial charge >= 0.3 is 11.9 Å². The number of aliphatic carboxylic acids is 2. The SMILES string of the molecule is O=C(O)CC(=CC(=O)Nc1ccccc1)C(=O)O. The number of benzene rings is 1. The van der Waals surface area contributed by atoms with Crippen molar-refractivity contribution in [3.8, 4) is 0 Å². The molecule has 0 aliphatic carbocycles. The third kappa shape index (κ3) is 4.48. The maximum absolute atomic E-state index is 11.5. The topological polar surface area (TPSA) is 104 Å². The molecular weight excluding hydrogens is 238 g/mol. The summed E-state index contributed by atoms with van der Waals surface area (Å²) >= 11 is 0. The van der Waals surface area contributed by atoms with E-state index in [-0.39, 0.29) is 0 Å². The zero-order valence-electron chi connectivity index (χ0n) is 9.29. The number of hydrogen-bond acceptors (Lipinski definition) is 3. The van der Waals surface area contributed by atoms with E-state index in [0.29, 0.717) is 5.69 Å². The molecule has 1 aromatic carbocycles. The van der Waals surface area contributed by atoms with Gasteiger partial charge in [-0.15, -0.1) is 0 Å². The Bertz CT molecular complexity index is 492. The summed E-state index contributed by atoms with van der Waals surface area (Å²) in [4.78, 5) is 32.6. The van der Waals surface area contributed by atoms with Crippen LogP contribution < -0.4 is 5.32 Å². The van der Waals surface area contributed by atoms with Crippen LogP contribution in [0.1, 0.15) is 6.42 Å². The van der Waals surface area contributed by atoms with Crippen molar-refractivity contribution >= 4 is 23.5 Å². The van der Waals surface area contributed by atoms with E-state index in [9.17, 15) is 14.4 Å². The van der Waals surface area contributed by atoms with Crippen molar-refractivity contribution in [2.75, 3.05) is 5.32 Å². The molecule has 0 aromatic heterocycles. The summed E-state index contributed by atoms with van der Waals surface area (Å²) < 4.78 is 0. The van der Waals surface area contributed by atoms with Crippen molar-refractivity contribution in [1.82, 2.24) is 0 Å². The molecule has 6 nitrogen and oxygen atoms in total. The van der Waals surface area contributed by atoms with Crippen LogP contribution in [0.3, 0.4) is 0 Å². The number of carboxylic acid groups (broad SMARTS) is 2. The number of nitrogens with one attached hydrogen (secondary N) is 1. The van der Waals surface area contributed by atoms with Gasteiger partial charge < -0.3 is 15.5 Å². The van der Waals surface area contributed by atoms with E-state index in [1.54, 1.807) is 30.3 Å². The first-order valence-electron chi connectivity index (χ1n) is 5.00. The smallest absolute Gasteiger partial charge is 0.332 e. The Hall–Kier alpha value is -2.63. The van der Waals surface area contributed by atoms with E-state index in [2.05, 4.69) is 5.32 Å². The van der Waals surface area contributed by atoms with Crippen LogP contribution in [0.4, 0.5) is 5.69 Å². The lowest BCUT2D eigenvalue weighted by Crippen LogP contribution is -2.13. The van der Waals surface area contributed by atoms with Gasteiger partial charge in [0.05, 0.1) is 12.0 Å². The Balaban J connectivity index is 2.76. The number of anilines is 1. The molecule has 0 spiro atoms. The number of carboxylic acids is 2. The number of carbonyl (C=O) groups is 3. The van der Waals surface area contributed by atoms with Crippen LogP contribution in [-0.4, -0.2) is 28.1 Å². The van der Waals surface area contributed by atoms with Gasteiger partial charge in [-0.1, -0.05) is 18.2 Å². The molecule has 1 aromatic rings. The highest BCUT2D eigenvalue weighted by Gasteiger charge is 2.13. The van der Waals surface area contributed by atoms with Crippen LogP contribution in [0.25, 0.3) is 0 Å². The van der Waals surface area contributed by atoms with Crippen molar-refractivity contribution in [2.45, 2.75) is 6.42 Å². The van der Waals surface area contributed by atoms with Gasteiger partial charge in [-0.3, -0.25) is 9.59 Å². The first kappa shape index (κ1) is 13.4. The maximum Gasteiger partial charge on any atom is 0.332 e. The van der Waals surface area contributed by atoms with Gasteiger partial charge in [-0.25, -0.2) is 4.79 Å². The highest BCUT2D eigenvalue weighted by atomic mass is 16.4. The first-order chi connectivity index (χ1) is 8.49. The summed E-state index contributed by atoms with van der Waals surface area (Å²) in [6.45, 7) is 0. The van der Waals surface area contributed by atoms with E-state index in [1.807, 2.05) is 0 Å². The average molecular weight is 249 g/mol. The highest BCUT2D eigenvalue weighted by molar-refractivity contribution is 6.05. The summed E-state index contributed by atoms with van der Waals surface area (Å²) in [6.07, 6.45) is 0.0565. The lowest BCUT2D eigenvalue weighted by Gasteiger charge is -2.02. The largest absolute Gasteiger partial charge is 0.481 e. The standard InChI is InChI=1S/C12H11NO5/c14-10(13-9-4-2-1-3-5-9)6-8(12(17)18)7-11(15)16/h1-6H,7H2,(H,13,14)(H,15,16)(H,17,18). The number of para-hydroxylation sites is 1. The predicted molar refractivity (Wildman–Crippen MR) is 63.0 cm³/mol. The molecule has 0 heterocycles. The molecule has 0 bridgehead atoms. The molecule has 1 amide bonds. The molecule has 0 saturated heterocycles. The van der Waals surface area contributed by atoms with Crippen molar-refractivity contribution < 1.29 is 24.6 Å². The van der Waals surface area contributed by atoms with Gasteiger partial charge in [-0.05, 0) is 12.1 Å². The zero-order chi connectivity index (χ0) is 13.5. The summed E-state index contributed by atoms with van der Waals surface area (Å²) in [5.74, 6) is -3.42. The van der Waals surface area contributed by atoms with Crippen molar-refractivity contribution in [2.24, 2.45) is 0 Å². The van der Waals surface area contributed by atoms with Crippen molar-refractivity contribution in [3.63, 3.8) is 0 Å². The first-order valence-corrected chi connectivity index (χ1v) is 5.00. The second-order valence-electron chi connectivity index (χ2n) is 3.40. The molecule has 94 valence electrons. The van der Waals surface area contributed by atoms with Crippen LogP contribution in [0.15, 0.2) is 42.0 Å². The normalized spacial score (nSPS) is 10.8. The summed E-state index contributed by atoms with van der Waals surface area (Å²) in [5, 5.41) is 19.7. The molecule has 0 aliphatic heterocycles. The average Bonchev–Trinajstić information content (AvgIpc) is 2.28. The Morgan fingerprint density at radius 2 is 1.72 bits per heavy atom. The summed E-state index contributed by atoms with van der Waals surface area (Å²) in [6, 6.07) is 8.43. The van der Waals surface area contributed by atoms with Crippen LogP contribution >= 0.6 is 0 Å². The monoisotopic (exact) mass is 249 g/mol. The van der Waals surface area contributed by atoms with E-state index in [4.69, 9.17) is 10.2 Å². The van der Waals surface area contributed by atoms with Crippen LogP contribution in [0.2, 0.25) is 0 Å². The molecule has 1 rings (SSSR count). The second kappa shape index (κ2) is 6.19. The Morgan fingerprint density at radius 1 is 1.11 bits per heavy atom. The summed E-state index contributed by atoms with van der Waals surface area (Å²) in [7, 11) is 0. The van der Waals surface area contributed by atoms with Crippen molar-refractivity contribution in [1.29, 1.82) is 0 Å². The molecule has 0 unspecified atom stereocenters. The minimum Gasteiger partial charge on any atom is -0.481 e.